The number of carbonyl (C=O) groups is 2. The van der Waals surface area contributed by atoms with Gasteiger partial charge in [0.15, 0.2) is 0 Å². The summed E-state index contributed by atoms with van der Waals surface area (Å²) in [5, 5.41) is 8.09. The maximum absolute atomic E-state index is 11.6. The average molecular weight is 298 g/mol. The van der Waals surface area contributed by atoms with Gasteiger partial charge in [0.1, 0.15) is 0 Å². The SMILES string of the molecule is O=C1C[C@@H](NC(=O)Nc2cccc(Br)c2)CN1. The van der Waals surface area contributed by atoms with Gasteiger partial charge in [-0.25, -0.2) is 4.79 Å². The van der Waals surface area contributed by atoms with Crippen LogP contribution in [0.15, 0.2) is 28.7 Å². The number of hydrogen-bond acceptors (Lipinski definition) is 2. The van der Waals surface area contributed by atoms with Crippen LogP contribution in [0.25, 0.3) is 0 Å². The number of hydrogen-bond donors (Lipinski definition) is 3. The van der Waals surface area contributed by atoms with E-state index in [1.54, 1.807) is 12.1 Å². The fourth-order valence-electron chi connectivity index (χ4n) is 1.63. The van der Waals surface area contributed by atoms with Crippen LogP contribution < -0.4 is 16.0 Å². The van der Waals surface area contributed by atoms with Gasteiger partial charge in [-0.15, -0.1) is 0 Å². The highest BCUT2D eigenvalue weighted by molar-refractivity contribution is 9.10. The van der Waals surface area contributed by atoms with E-state index < -0.39 is 0 Å². The van der Waals surface area contributed by atoms with E-state index in [1.807, 2.05) is 12.1 Å². The van der Waals surface area contributed by atoms with Gasteiger partial charge in [-0.05, 0) is 18.2 Å². The summed E-state index contributed by atoms with van der Waals surface area (Å²) in [7, 11) is 0. The molecule has 0 aromatic heterocycles. The fraction of sp³-hybridized carbons (Fsp3) is 0.273. The van der Waals surface area contributed by atoms with Gasteiger partial charge in [-0.1, -0.05) is 22.0 Å². The zero-order valence-corrected chi connectivity index (χ0v) is 10.6. The topological polar surface area (TPSA) is 70.2 Å². The van der Waals surface area contributed by atoms with Crippen molar-refractivity contribution in [2.75, 3.05) is 11.9 Å². The molecule has 0 radical (unpaired) electrons. The summed E-state index contributed by atoms with van der Waals surface area (Å²) in [4.78, 5) is 22.6. The van der Waals surface area contributed by atoms with Crippen molar-refractivity contribution in [1.29, 1.82) is 0 Å². The van der Waals surface area contributed by atoms with Crippen molar-refractivity contribution < 1.29 is 9.59 Å². The van der Waals surface area contributed by atoms with Crippen LogP contribution in [0.2, 0.25) is 0 Å². The summed E-state index contributed by atoms with van der Waals surface area (Å²) in [5.74, 6) is -0.0299. The Kier molecular flexibility index (Phi) is 3.63. The lowest BCUT2D eigenvalue weighted by Gasteiger charge is -2.11. The lowest BCUT2D eigenvalue weighted by Crippen LogP contribution is -2.39. The van der Waals surface area contributed by atoms with E-state index in [0.717, 1.165) is 4.47 Å². The lowest BCUT2D eigenvalue weighted by molar-refractivity contribution is -0.119. The molecule has 1 fully saturated rings. The molecule has 0 bridgehead atoms. The highest BCUT2D eigenvalue weighted by Gasteiger charge is 2.22. The van der Waals surface area contributed by atoms with Gasteiger partial charge in [0.05, 0.1) is 6.04 Å². The molecule has 0 spiro atoms. The molecule has 1 aromatic rings. The molecule has 0 saturated carbocycles. The molecule has 3 N–H and O–H groups in total. The third-order valence-corrected chi connectivity index (χ3v) is 2.89. The Morgan fingerprint density at radius 2 is 2.29 bits per heavy atom. The first-order valence-electron chi connectivity index (χ1n) is 5.23. The van der Waals surface area contributed by atoms with E-state index in [2.05, 4.69) is 31.9 Å². The molecule has 0 unspecified atom stereocenters. The Balaban J connectivity index is 1.87. The minimum Gasteiger partial charge on any atom is -0.354 e. The van der Waals surface area contributed by atoms with Gasteiger partial charge >= 0.3 is 6.03 Å². The molecule has 90 valence electrons. The zero-order chi connectivity index (χ0) is 12.3. The van der Waals surface area contributed by atoms with Crippen molar-refractivity contribution in [3.8, 4) is 0 Å². The largest absolute Gasteiger partial charge is 0.354 e. The minimum absolute atomic E-state index is 0.0299. The van der Waals surface area contributed by atoms with Gasteiger partial charge in [-0.2, -0.15) is 0 Å². The predicted octanol–water partition coefficient (Wildman–Crippen LogP) is 1.46. The number of benzene rings is 1. The molecule has 6 heteroatoms. The molecule has 0 aliphatic carbocycles. The van der Waals surface area contributed by atoms with Gasteiger partial charge in [0.25, 0.3) is 0 Å². The van der Waals surface area contributed by atoms with Crippen molar-refractivity contribution >= 4 is 33.6 Å². The fourth-order valence-corrected chi connectivity index (χ4v) is 2.03. The Bertz CT molecular complexity index is 450. The Morgan fingerprint density at radius 3 is 2.94 bits per heavy atom. The summed E-state index contributed by atoms with van der Waals surface area (Å²) in [5.41, 5.74) is 0.703. The van der Waals surface area contributed by atoms with Crippen LogP contribution in [0, 0.1) is 0 Å². The summed E-state index contributed by atoms with van der Waals surface area (Å²) in [6, 6.07) is 6.88. The molecule has 1 aliphatic heterocycles. The third kappa shape index (κ3) is 3.45. The normalized spacial score (nSPS) is 18.6. The van der Waals surface area contributed by atoms with Crippen molar-refractivity contribution in [3.63, 3.8) is 0 Å². The minimum atomic E-state index is -0.301. The van der Waals surface area contributed by atoms with Crippen LogP contribution in [-0.2, 0) is 4.79 Å². The van der Waals surface area contributed by atoms with Crippen LogP contribution in [0.4, 0.5) is 10.5 Å². The molecule has 3 amide bonds. The van der Waals surface area contributed by atoms with Gasteiger partial charge in [-0.3, -0.25) is 4.79 Å². The molecule has 1 atom stereocenters. The van der Waals surface area contributed by atoms with Crippen molar-refractivity contribution in [2.24, 2.45) is 0 Å². The monoisotopic (exact) mass is 297 g/mol. The van der Waals surface area contributed by atoms with Crippen LogP contribution in [-0.4, -0.2) is 24.5 Å². The van der Waals surface area contributed by atoms with E-state index in [4.69, 9.17) is 0 Å². The molecule has 5 nitrogen and oxygen atoms in total. The van der Waals surface area contributed by atoms with Crippen molar-refractivity contribution in [1.82, 2.24) is 10.6 Å². The molecule has 1 heterocycles. The Labute approximate surface area is 107 Å². The number of anilines is 1. The Morgan fingerprint density at radius 1 is 1.47 bits per heavy atom. The first kappa shape index (κ1) is 11.9. The van der Waals surface area contributed by atoms with E-state index in [1.165, 1.54) is 0 Å². The second kappa shape index (κ2) is 5.18. The summed E-state index contributed by atoms with van der Waals surface area (Å²) in [6.07, 6.45) is 0.339. The molecule has 1 aliphatic rings. The molecule has 17 heavy (non-hydrogen) atoms. The molecule has 2 rings (SSSR count). The highest BCUT2D eigenvalue weighted by atomic mass is 79.9. The van der Waals surface area contributed by atoms with Crippen LogP contribution in [0.1, 0.15) is 6.42 Å². The number of halogens is 1. The number of nitrogens with one attached hydrogen (secondary N) is 3. The number of rotatable bonds is 2. The van der Waals surface area contributed by atoms with E-state index in [0.29, 0.717) is 18.7 Å². The number of urea groups is 1. The average Bonchev–Trinajstić information content (AvgIpc) is 2.63. The maximum Gasteiger partial charge on any atom is 0.319 e. The second-order valence-corrected chi connectivity index (χ2v) is 4.73. The summed E-state index contributed by atoms with van der Waals surface area (Å²) in [6.45, 7) is 0.491. The van der Waals surface area contributed by atoms with Gasteiger partial charge < -0.3 is 16.0 Å². The number of carbonyl (C=O) groups excluding carboxylic acids is 2. The van der Waals surface area contributed by atoms with Crippen molar-refractivity contribution in [3.05, 3.63) is 28.7 Å². The summed E-state index contributed by atoms with van der Waals surface area (Å²) >= 11 is 3.32. The highest BCUT2D eigenvalue weighted by Crippen LogP contribution is 2.15. The third-order valence-electron chi connectivity index (χ3n) is 2.40. The standard InChI is InChI=1S/C11H12BrN3O2/c12-7-2-1-3-8(4-7)14-11(17)15-9-5-10(16)13-6-9/h1-4,9H,5-6H2,(H,13,16)(H2,14,15,17)/t9-/m1/s1. The van der Waals surface area contributed by atoms with Gasteiger partial charge in [0.2, 0.25) is 5.91 Å². The summed E-state index contributed by atoms with van der Waals surface area (Å²) < 4.78 is 0.896. The molecule has 1 saturated heterocycles. The van der Waals surface area contributed by atoms with Crippen LogP contribution in [0.3, 0.4) is 0 Å². The first-order valence-corrected chi connectivity index (χ1v) is 6.02. The van der Waals surface area contributed by atoms with E-state index in [9.17, 15) is 9.59 Å². The quantitative estimate of drug-likeness (QED) is 0.773. The van der Waals surface area contributed by atoms with E-state index in [-0.39, 0.29) is 18.0 Å². The smallest absolute Gasteiger partial charge is 0.319 e. The molecular formula is C11H12BrN3O2. The maximum atomic E-state index is 11.6. The molecule has 1 aromatic carbocycles. The van der Waals surface area contributed by atoms with Crippen LogP contribution in [0.5, 0.6) is 0 Å². The van der Waals surface area contributed by atoms with Gasteiger partial charge in [0, 0.05) is 23.1 Å². The van der Waals surface area contributed by atoms with Crippen LogP contribution >= 0.6 is 15.9 Å². The predicted molar refractivity (Wildman–Crippen MR) is 67.7 cm³/mol. The lowest BCUT2D eigenvalue weighted by atomic mass is 10.2. The molecular weight excluding hydrogens is 286 g/mol. The van der Waals surface area contributed by atoms with E-state index >= 15 is 0 Å². The number of amides is 3. The zero-order valence-electron chi connectivity index (χ0n) is 9.00. The van der Waals surface area contributed by atoms with Crippen molar-refractivity contribution in [2.45, 2.75) is 12.5 Å². The second-order valence-electron chi connectivity index (χ2n) is 3.81. The Hall–Kier alpha value is -1.56. The first-order chi connectivity index (χ1) is 8.13.